The van der Waals surface area contributed by atoms with Gasteiger partial charge in [0.25, 0.3) is 0 Å². The Morgan fingerprint density at radius 2 is 1.63 bits per heavy atom. The van der Waals surface area contributed by atoms with Gasteiger partial charge in [-0.25, -0.2) is 0 Å². The zero-order chi connectivity index (χ0) is 21.1. The Morgan fingerprint density at radius 1 is 0.933 bits per heavy atom. The van der Waals surface area contributed by atoms with Crippen LogP contribution >= 0.6 is 23.2 Å². The van der Waals surface area contributed by atoms with E-state index in [1.807, 2.05) is 30.3 Å². The van der Waals surface area contributed by atoms with Crippen molar-refractivity contribution in [3.63, 3.8) is 0 Å². The molecular formula is C23H18Cl2N2O3. The average Bonchev–Trinajstić information content (AvgIpc) is 3.14. The maximum Gasteiger partial charge on any atom is 0.229 e. The zero-order valence-electron chi connectivity index (χ0n) is 15.8. The summed E-state index contributed by atoms with van der Waals surface area (Å²) in [5.74, 6) is 0.537. The molecule has 1 fully saturated rings. The summed E-state index contributed by atoms with van der Waals surface area (Å²) in [6.07, 6.45) is 0.115. The summed E-state index contributed by atoms with van der Waals surface area (Å²) in [4.78, 5) is 26.6. The summed E-state index contributed by atoms with van der Waals surface area (Å²) in [6.45, 7) is 0.250. The summed E-state index contributed by atoms with van der Waals surface area (Å²) in [5.41, 5.74) is 1.15. The average molecular weight is 441 g/mol. The van der Waals surface area contributed by atoms with Crippen molar-refractivity contribution >= 4 is 46.4 Å². The number of benzene rings is 3. The lowest BCUT2D eigenvalue weighted by Gasteiger charge is -2.18. The van der Waals surface area contributed by atoms with Crippen molar-refractivity contribution < 1.29 is 14.3 Å². The van der Waals surface area contributed by atoms with Crippen LogP contribution in [0, 0.1) is 5.92 Å². The molecule has 0 aliphatic carbocycles. The van der Waals surface area contributed by atoms with E-state index in [9.17, 15) is 9.59 Å². The Bertz CT molecular complexity index is 1070. The van der Waals surface area contributed by atoms with Gasteiger partial charge in [-0.15, -0.1) is 0 Å². The highest BCUT2D eigenvalue weighted by Gasteiger charge is 2.36. The van der Waals surface area contributed by atoms with E-state index in [0.29, 0.717) is 27.2 Å². The summed E-state index contributed by atoms with van der Waals surface area (Å²) in [6, 6.07) is 21.6. The van der Waals surface area contributed by atoms with E-state index in [4.69, 9.17) is 27.9 Å². The normalized spacial score (nSPS) is 15.9. The molecule has 1 aliphatic rings. The van der Waals surface area contributed by atoms with Gasteiger partial charge < -0.3 is 15.0 Å². The fourth-order valence-electron chi connectivity index (χ4n) is 3.29. The molecule has 0 bridgehead atoms. The molecule has 1 atom stereocenters. The summed E-state index contributed by atoms with van der Waals surface area (Å²) in [7, 11) is 0. The smallest absolute Gasteiger partial charge is 0.229 e. The molecular weight excluding hydrogens is 423 g/mol. The predicted molar refractivity (Wildman–Crippen MR) is 119 cm³/mol. The monoisotopic (exact) mass is 440 g/mol. The van der Waals surface area contributed by atoms with Gasteiger partial charge in [-0.1, -0.05) is 47.5 Å². The molecule has 2 amide bonds. The molecule has 0 radical (unpaired) electrons. The first-order chi connectivity index (χ1) is 14.5. The SMILES string of the molecule is O=C(Nc1ccc(Oc2ccccc2)cc1)[C@@H]1CC(=O)N(c2cccc(Cl)c2Cl)C1. The topological polar surface area (TPSA) is 58.6 Å². The van der Waals surface area contributed by atoms with Gasteiger partial charge in [-0.2, -0.15) is 0 Å². The number of carbonyl (C=O) groups excluding carboxylic acids is 2. The standard InChI is InChI=1S/C23H18Cl2N2O3/c24-19-7-4-8-20(22(19)25)27-14-15(13-21(27)28)23(29)26-16-9-11-18(12-10-16)30-17-5-2-1-3-6-17/h1-12,15H,13-14H2,(H,26,29)/t15-/m1/s1. The van der Waals surface area contributed by atoms with Crippen molar-refractivity contribution in [1.82, 2.24) is 0 Å². The first-order valence-corrected chi connectivity index (χ1v) is 10.1. The van der Waals surface area contributed by atoms with Crippen LogP contribution in [-0.2, 0) is 9.59 Å². The second-order valence-electron chi connectivity index (χ2n) is 6.91. The van der Waals surface area contributed by atoms with Crippen LogP contribution in [-0.4, -0.2) is 18.4 Å². The van der Waals surface area contributed by atoms with Gasteiger partial charge in [-0.05, 0) is 48.5 Å². The molecule has 0 unspecified atom stereocenters. The van der Waals surface area contributed by atoms with Crippen LogP contribution in [0.3, 0.4) is 0 Å². The number of nitrogens with one attached hydrogen (secondary N) is 1. The number of anilines is 2. The van der Waals surface area contributed by atoms with Crippen molar-refractivity contribution in [2.75, 3.05) is 16.8 Å². The number of hydrogen-bond donors (Lipinski definition) is 1. The van der Waals surface area contributed by atoms with Crippen LogP contribution in [0.5, 0.6) is 11.5 Å². The van der Waals surface area contributed by atoms with E-state index in [-0.39, 0.29) is 24.8 Å². The van der Waals surface area contributed by atoms with Gasteiger partial charge >= 0.3 is 0 Å². The van der Waals surface area contributed by atoms with E-state index < -0.39 is 5.92 Å². The molecule has 3 aromatic carbocycles. The van der Waals surface area contributed by atoms with Crippen molar-refractivity contribution in [1.29, 1.82) is 0 Å². The Hall–Kier alpha value is -3.02. The number of ether oxygens (including phenoxy) is 1. The first kappa shape index (κ1) is 20.3. The van der Waals surface area contributed by atoms with E-state index >= 15 is 0 Å². The van der Waals surface area contributed by atoms with Crippen molar-refractivity contribution in [2.45, 2.75) is 6.42 Å². The molecule has 30 heavy (non-hydrogen) atoms. The Morgan fingerprint density at radius 3 is 2.37 bits per heavy atom. The summed E-state index contributed by atoms with van der Waals surface area (Å²) in [5, 5.41) is 3.54. The maximum absolute atomic E-state index is 12.7. The molecule has 0 saturated carbocycles. The second-order valence-corrected chi connectivity index (χ2v) is 7.69. The van der Waals surface area contributed by atoms with Gasteiger partial charge in [-0.3, -0.25) is 9.59 Å². The van der Waals surface area contributed by atoms with E-state index in [0.717, 1.165) is 5.75 Å². The molecule has 1 heterocycles. The molecule has 1 saturated heterocycles. The Labute approximate surface area is 184 Å². The van der Waals surface area contributed by atoms with Crippen molar-refractivity contribution in [2.24, 2.45) is 5.92 Å². The predicted octanol–water partition coefficient (Wildman–Crippen LogP) is 5.78. The minimum absolute atomic E-state index is 0.115. The van der Waals surface area contributed by atoms with E-state index in [2.05, 4.69) is 5.32 Å². The number of carbonyl (C=O) groups is 2. The lowest BCUT2D eigenvalue weighted by molar-refractivity contribution is -0.122. The quantitative estimate of drug-likeness (QED) is 0.546. The van der Waals surface area contributed by atoms with Gasteiger partial charge in [0.2, 0.25) is 11.8 Å². The first-order valence-electron chi connectivity index (χ1n) is 9.39. The van der Waals surface area contributed by atoms with Gasteiger partial charge in [0.15, 0.2) is 0 Å². The lowest BCUT2D eigenvalue weighted by atomic mass is 10.1. The van der Waals surface area contributed by atoms with Crippen molar-refractivity contribution in [3.8, 4) is 11.5 Å². The highest BCUT2D eigenvalue weighted by atomic mass is 35.5. The number of amides is 2. The third kappa shape index (κ3) is 4.42. The zero-order valence-corrected chi connectivity index (χ0v) is 17.4. The van der Waals surface area contributed by atoms with Gasteiger partial charge in [0.05, 0.1) is 21.7 Å². The van der Waals surface area contributed by atoms with Gasteiger partial charge in [0.1, 0.15) is 11.5 Å². The fraction of sp³-hybridized carbons (Fsp3) is 0.130. The van der Waals surface area contributed by atoms with Gasteiger partial charge in [0, 0.05) is 18.7 Å². The van der Waals surface area contributed by atoms with Crippen molar-refractivity contribution in [3.05, 3.63) is 82.8 Å². The number of rotatable bonds is 5. The minimum atomic E-state index is -0.479. The fourth-order valence-corrected chi connectivity index (χ4v) is 3.69. The van der Waals surface area contributed by atoms with Crippen LogP contribution in [0.4, 0.5) is 11.4 Å². The third-order valence-electron chi connectivity index (χ3n) is 4.82. The Balaban J connectivity index is 1.39. The molecule has 0 spiro atoms. The van der Waals surface area contributed by atoms with Crippen LogP contribution in [0.1, 0.15) is 6.42 Å². The van der Waals surface area contributed by atoms with Crippen LogP contribution < -0.4 is 15.0 Å². The largest absolute Gasteiger partial charge is 0.457 e. The number of nitrogens with zero attached hydrogens (tertiary/aromatic N) is 1. The minimum Gasteiger partial charge on any atom is -0.457 e. The molecule has 0 aromatic heterocycles. The molecule has 152 valence electrons. The van der Waals surface area contributed by atoms with E-state index in [1.165, 1.54) is 4.90 Å². The molecule has 1 N–H and O–H groups in total. The van der Waals surface area contributed by atoms with Crippen LogP contribution in [0.25, 0.3) is 0 Å². The highest BCUT2D eigenvalue weighted by Crippen LogP contribution is 2.36. The highest BCUT2D eigenvalue weighted by molar-refractivity contribution is 6.44. The maximum atomic E-state index is 12.7. The Kier molecular flexibility index (Phi) is 5.93. The summed E-state index contributed by atoms with van der Waals surface area (Å²) < 4.78 is 5.75. The molecule has 1 aliphatic heterocycles. The summed E-state index contributed by atoms with van der Waals surface area (Å²) >= 11 is 12.3. The molecule has 4 rings (SSSR count). The third-order valence-corrected chi connectivity index (χ3v) is 5.63. The number of halogens is 2. The molecule has 3 aromatic rings. The van der Waals surface area contributed by atoms with Crippen LogP contribution in [0.15, 0.2) is 72.8 Å². The number of para-hydroxylation sites is 1. The number of hydrogen-bond acceptors (Lipinski definition) is 3. The second kappa shape index (κ2) is 8.78. The van der Waals surface area contributed by atoms with E-state index in [1.54, 1.807) is 42.5 Å². The van der Waals surface area contributed by atoms with Crippen LogP contribution in [0.2, 0.25) is 10.0 Å². The lowest BCUT2D eigenvalue weighted by Crippen LogP contribution is -2.28. The molecule has 7 heteroatoms. The molecule has 5 nitrogen and oxygen atoms in total.